The van der Waals surface area contributed by atoms with Crippen molar-refractivity contribution in [3.63, 3.8) is 0 Å². The minimum Gasteiger partial charge on any atom is -0.406 e. The number of halogens is 3. The molecule has 3 aromatic rings. The van der Waals surface area contributed by atoms with Crippen LogP contribution in [-0.4, -0.2) is 43.0 Å². The summed E-state index contributed by atoms with van der Waals surface area (Å²) in [6.45, 7) is 0.0836. The summed E-state index contributed by atoms with van der Waals surface area (Å²) in [6, 6.07) is 13.8. The van der Waals surface area contributed by atoms with Gasteiger partial charge in [-0.3, -0.25) is 4.79 Å². The molecule has 2 aromatic carbocycles. The van der Waals surface area contributed by atoms with Crippen LogP contribution in [0.1, 0.15) is 22.1 Å². The van der Waals surface area contributed by atoms with Gasteiger partial charge >= 0.3 is 6.36 Å². The van der Waals surface area contributed by atoms with Gasteiger partial charge in [-0.1, -0.05) is 30.3 Å². The second-order valence-corrected chi connectivity index (χ2v) is 6.80. The van der Waals surface area contributed by atoms with Gasteiger partial charge in [0.25, 0.3) is 5.91 Å². The lowest BCUT2D eigenvalue weighted by molar-refractivity contribution is -0.274. The fourth-order valence-electron chi connectivity index (χ4n) is 2.96. The van der Waals surface area contributed by atoms with Gasteiger partial charge in [0.05, 0.1) is 24.5 Å². The predicted octanol–water partition coefficient (Wildman–Crippen LogP) is 4.28. The molecule has 3 N–H and O–H groups in total. The number of carbonyl (C=O) groups excluding carboxylic acids is 1. The number of methoxy groups -OCH3 is 1. The average Bonchev–Trinajstić information content (AvgIpc) is 2.79. The monoisotopic (exact) mass is 461 g/mol. The summed E-state index contributed by atoms with van der Waals surface area (Å²) >= 11 is 0. The van der Waals surface area contributed by atoms with Gasteiger partial charge in [0.2, 0.25) is 5.95 Å². The lowest BCUT2D eigenvalue weighted by atomic mass is 10.1. The van der Waals surface area contributed by atoms with Crippen molar-refractivity contribution in [2.75, 3.05) is 31.4 Å². The van der Waals surface area contributed by atoms with Gasteiger partial charge < -0.3 is 25.4 Å². The van der Waals surface area contributed by atoms with E-state index in [2.05, 4.69) is 30.7 Å². The highest BCUT2D eigenvalue weighted by Crippen LogP contribution is 2.25. The number of nitrogens with one attached hydrogen (secondary N) is 3. The number of alkyl halides is 3. The third-order valence-corrected chi connectivity index (χ3v) is 4.46. The maximum atomic E-state index is 13.0. The molecule has 0 spiro atoms. The van der Waals surface area contributed by atoms with E-state index in [1.54, 1.807) is 7.05 Å². The van der Waals surface area contributed by atoms with Gasteiger partial charge in [0, 0.05) is 19.8 Å². The Morgan fingerprint density at radius 3 is 2.39 bits per heavy atom. The van der Waals surface area contributed by atoms with Crippen LogP contribution < -0.4 is 20.7 Å². The van der Waals surface area contributed by atoms with Crippen LogP contribution in [0, 0.1) is 0 Å². The second-order valence-electron chi connectivity index (χ2n) is 6.80. The fraction of sp³-hybridized carbons (Fsp3) is 0.227. The zero-order valence-corrected chi connectivity index (χ0v) is 17.8. The number of ether oxygens (including phenoxy) is 2. The molecule has 1 heterocycles. The molecule has 1 atom stereocenters. The van der Waals surface area contributed by atoms with Crippen molar-refractivity contribution in [1.29, 1.82) is 0 Å². The molecule has 0 fully saturated rings. The number of para-hydroxylation sites is 1. The minimum absolute atomic E-state index is 0.0836. The third kappa shape index (κ3) is 6.81. The molecule has 0 saturated heterocycles. The van der Waals surface area contributed by atoms with Crippen LogP contribution in [0.3, 0.4) is 0 Å². The average molecular weight is 461 g/mol. The molecule has 0 aliphatic carbocycles. The standard InChI is InChI=1S/C22H22F3N5O3/c1-26-17-12-27-21(28-15-6-4-3-5-7-15)30-19(17)20(31)29-18(13-32-2)14-8-10-16(11-9-14)33-22(23,24)25/h3-12,18,26H,13H2,1-2H3,(H,29,31)(H,27,28,30). The van der Waals surface area contributed by atoms with E-state index in [1.165, 1.54) is 37.6 Å². The van der Waals surface area contributed by atoms with Crippen molar-refractivity contribution >= 4 is 23.2 Å². The van der Waals surface area contributed by atoms with E-state index in [0.29, 0.717) is 11.3 Å². The molecule has 0 bridgehead atoms. The molecule has 3 rings (SSSR count). The highest BCUT2D eigenvalue weighted by molar-refractivity contribution is 5.98. The lowest BCUT2D eigenvalue weighted by Crippen LogP contribution is -2.32. The van der Waals surface area contributed by atoms with E-state index in [9.17, 15) is 18.0 Å². The van der Waals surface area contributed by atoms with Crippen molar-refractivity contribution in [1.82, 2.24) is 15.3 Å². The maximum absolute atomic E-state index is 13.0. The highest BCUT2D eigenvalue weighted by Gasteiger charge is 2.31. The summed E-state index contributed by atoms with van der Waals surface area (Å²) in [5, 5.41) is 8.70. The van der Waals surface area contributed by atoms with Gasteiger partial charge in [-0.2, -0.15) is 0 Å². The van der Waals surface area contributed by atoms with Crippen molar-refractivity contribution in [2.45, 2.75) is 12.4 Å². The zero-order valence-electron chi connectivity index (χ0n) is 17.8. The second kappa shape index (κ2) is 10.6. The summed E-state index contributed by atoms with van der Waals surface area (Å²) in [5.74, 6) is -0.656. The molecule has 174 valence electrons. The Balaban J connectivity index is 1.80. The van der Waals surface area contributed by atoms with E-state index in [-0.39, 0.29) is 24.0 Å². The van der Waals surface area contributed by atoms with Gasteiger partial charge in [-0.15, -0.1) is 13.2 Å². The SMILES string of the molecule is CNc1cnc(Nc2ccccc2)nc1C(=O)NC(COC)c1ccc(OC(F)(F)F)cc1. The molecular weight excluding hydrogens is 439 g/mol. The molecule has 0 saturated carbocycles. The van der Waals surface area contributed by atoms with Crippen LogP contribution in [0.25, 0.3) is 0 Å². The summed E-state index contributed by atoms with van der Waals surface area (Å²) in [7, 11) is 3.08. The van der Waals surface area contributed by atoms with E-state index in [4.69, 9.17) is 4.74 Å². The number of nitrogens with zero attached hydrogens (tertiary/aromatic N) is 2. The Kier molecular flexibility index (Phi) is 7.67. The molecular formula is C22H22F3N5O3. The first-order valence-electron chi connectivity index (χ1n) is 9.81. The first-order valence-corrected chi connectivity index (χ1v) is 9.81. The Morgan fingerprint density at radius 2 is 1.79 bits per heavy atom. The maximum Gasteiger partial charge on any atom is 0.573 e. The Hall–Kier alpha value is -3.86. The minimum atomic E-state index is -4.79. The normalized spacial score (nSPS) is 12.0. The largest absolute Gasteiger partial charge is 0.573 e. The Morgan fingerprint density at radius 1 is 1.09 bits per heavy atom. The van der Waals surface area contributed by atoms with Gasteiger partial charge in [-0.05, 0) is 29.8 Å². The van der Waals surface area contributed by atoms with Crippen LogP contribution in [0.15, 0.2) is 60.8 Å². The molecule has 1 unspecified atom stereocenters. The quantitative estimate of drug-likeness (QED) is 0.438. The van der Waals surface area contributed by atoms with E-state index in [0.717, 1.165) is 5.69 Å². The van der Waals surface area contributed by atoms with Crippen LogP contribution in [0.2, 0.25) is 0 Å². The molecule has 8 nitrogen and oxygen atoms in total. The Labute approximate surface area is 188 Å². The molecule has 1 aromatic heterocycles. The van der Waals surface area contributed by atoms with Crippen LogP contribution in [-0.2, 0) is 4.74 Å². The van der Waals surface area contributed by atoms with Crippen LogP contribution in [0.5, 0.6) is 5.75 Å². The fourth-order valence-corrected chi connectivity index (χ4v) is 2.96. The molecule has 0 aliphatic rings. The van der Waals surface area contributed by atoms with E-state index >= 15 is 0 Å². The Bertz CT molecular complexity index is 1060. The molecule has 33 heavy (non-hydrogen) atoms. The lowest BCUT2D eigenvalue weighted by Gasteiger charge is -2.20. The zero-order chi connectivity index (χ0) is 23.8. The first kappa shape index (κ1) is 23.8. The highest BCUT2D eigenvalue weighted by atomic mass is 19.4. The molecule has 1 amide bonds. The summed E-state index contributed by atoms with van der Waals surface area (Å²) in [6.07, 6.45) is -3.31. The van der Waals surface area contributed by atoms with Crippen LogP contribution in [0.4, 0.5) is 30.5 Å². The number of hydrogen-bond donors (Lipinski definition) is 3. The number of carbonyl (C=O) groups is 1. The number of anilines is 3. The van der Waals surface area contributed by atoms with E-state index < -0.39 is 18.3 Å². The predicted molar refractivity (Wildman–Crippen MR) is 117 cm³/mol. The van der Waals surface area contributed by atoms with Crippen molar-refractivity contribution in [2.24, 2.45) is 0 Å². The van der Waals surface area contributed by atoms with Gasteiger partial charge in [0.1, 0.15) is 5.75 Å². The van der Waals surface area contributed by atoms with Gasteiger partial charge in [-0.25, -0.2) is 9.97 Å². The van der Waals surface area contributed by atoms with Crippen molar-refractivity contribution in [3.05, 3.63) is 72.1 Å². The summed E-state index contributed by atoms with van der Waals surface area (Å²) < 4.78 is 46.3. The van der Waals surface area contributed by atoms with Crippen LogP contribution >= 0.6 is 0 Å². The number of rotatable bonds is 9. The van der Waals surface area contributed by atoms with E-state index in [1.807, 2.05) is 30.3 Å². The third-order valence-electron chi connectivity index (χ3n) is 4.46. The molecule has 0 aliphatic heterocycles. The summed E-state index contributed by atoms with van der Waals surface area (Å²) in [5.41, 5.74) is 1.77. The number of aromatic nitrogens is 2. The van der Waals surface area contributed by atoms with Crippen molar-refractivity contribution in [3.8, 4) is 5.75 Å². The molecule has 0 radical (unpaired) electrons. The first-order chi connectivity index (χ1) is 15.8. The van der Waals surface area contributed by atoms with Crippen molar-refractivity contribution < 1.29 is 27.4 Å². The molecule has 11 heteroatoms. The number of amides is 1. The number of benzene rings is 2. The van der Waals surface area contributed by atoms with Gasteiger partial charge in [0.15, 0.2) is 5.69 Å². The summed E-state index contributed by atoms with van der Waals surface area (Å²) in [4.78, 5) is 21.6. The smallest absolute Gasteiger partial charge is 0.406 e. The topological polar surface area (TPSA) is 97.4 Å². The number of hydrogen-bond acceptors (Lipinski definition) is 7.